The summed E-state index contributed by atoms with van der Waals surface area (Å²) in [6.45, 7) is 0. The molecule has 0 bridgehead atoms. The summed E-state index contributed by atoms with van der Waals surface area (Å²) in [5, 5.41) is 8.83. The number of rotatable bonds is 9. The van der Waals surface area contributed by atoms with Gasteiger partial charge in [-0.25, -0.2) is 8.78 Å². The summed E-state index contributed by atoms with van der Waals surface area (Å²) in [6, 6.07) is 2.04. The van der Waals surface area contributed by atoms with Crippen molar-refractivity contribution in [3.8, 4) is 5.75 Å². The number of hydrogen-bond donors (Lipinski definition) is 2. The lowest BCUT2D eigenvalue weighted by Crippen LogP contribution is -2.20. The minimum absolute atomic E-state index is 0.112. The zero-order chi connectivity index (χ0) is 22.4. The normalized spacial score (nSPS) is 18.6. The second-order valence-electron chi connectivity index (χ2n) is 7.75. The van der Waals surface area contributed by atoms with E-state index in [-0.39, 0.29) is 22.9 Å². The van der Waals surface area contributed by atoms with E-state index in [0.29, 0.717) is 18.4 Å². The average Bonchev–Trinajstić information content (AvgIpc) is 3.24. The number of amides is 1. The zero-order valence-corrected chi connectivity index (χ0v) is 17.7. The van der Waals surface area contributed by atoms with Crippen LogP contribution in [0.15, 0.2) is 18.3 Å². The predicted octanol–water partition coefficient (Wildman–Crippen LogP) is 4.51. The van der Waals surface area contributed by atoms with E-state index < -0.39 is 23.1 Å². The van der Waals surface area contributed by atoms with Gasteiger partial charge in [0.2, 0.25) is 0 Å². The summed E-state index contributed by atoms with van der Waals surface area (Å²) in [6.07, 6.45) is 7.86. The Balaban J connectivity index is 1.59. The molecule has 1 heterocycles. The van der Waals surface area contributed by atoms with Crippen LogP contribution in [0.1, 0.15) is 65.8 Å². The Morgan fingerprint density at radius 1 is 1.19 bits per heavy atom. The molecule has 31 heavy (non-hydrogen) atoms. The fourth-order valence-electron chi connectivity index (χ4n) is 4.03. The van der Waals surface area contributed by atoms with Crippen molar-refractivity contribution >= 4 is 17.4 Å². The van der Waals surface area contributed by atoms with Gasteiger partial charge in [-0.1, -0.05) is 6.42 Å². The number of nitrogens with one attached hydrogen (secondary N) is 2. The van der Waals surface area contributed by atoms with Crippen LogP contribution >= 0.6 is 0 Å². The van der Waals surface area contributed by atoms with Crippen LogP contribution < -0.4 is 10.1 Å². The number of nitrogens with zero attached hydrogens (tertiary/aromatic N) is 1. The standard InChI is InChI=1S/C22H27F2N3O4/c1-30-14-8-6-13(7-9-14)4-3-5-17(28)21-16(12-25-27-21)26-22(29)19-18(31-2)11-10-15(23)20(19)24/h10-14H,3-9H2,1-2H3,(H,25,27)(H,26,29). The molecule has 2 aromatic rings. The highest BCUT2D eigenvalue weighted by Gasteiger charge is 2.24. The first-order valence-electron chi connectivity index (χ1n) is 10.4. The first-order chi connectivity index (χ1) is 14.9. The highest BCUT2D eigenvalue weighted by molar-refractivity contribution is 6.10. The van der Waals surface area contributed by atoms with E-state index in [4.69, 9.17) is 9.47 Å². The number of carbonyl (C=O) groups excluding carboxylic acids is 2. The van der Waals surface area contributed by atoms with E-state index in [1.165, 1.54) is 13.3 Å². The number of aromatic amines is 1. The zero-order valence-electron chi connectivity index (χ0n) is 17.7. The van der Waals surface area contributed by atoms with Crippen molar-refractivity contribution in [1.82, 2.24) is 10.2 Å². The van der Waals surface area contributed by atoms with Crippen LogP contribution in [0.4, 0.5) is 14.5 Å². The fourth-order valence-corrected chi connectivity index (χ4v) is 4.03. The van der Waals surface area contributed by atoms with Crippen molar-refractivity contribution in [2.75, 3.05) is 19.5 Å². The first-order valence-corrected chi connectivity index (χ1v) is 10.4. The number of ether oxygens (including phenoxy) is 2. The maximum absolute atomic E-state index is 14.2. The molecule has 0 spiro atoms. The number of ketones is 1. The Labute approximate surface area is 179 Å². The molecule has 0 unspecified atom stereocenters. The summed E-state index contributed by atoms with van der Waals surface area (Å²) in [5.74, 6) is -3.16. The molecule has 7 nitrogen and oxygen atoms in total. The molecule has 1 aliphatic carbocycles. The molecule has 1 aromatic carbocycles. The number of carbonyl (C=O) groups is 2. The van der Waals surface area contributed by atoms with E-state index in [9.17, 15) is 18.4 Å². The van der Waals surface area contributed by atoms with Gasteiger partial charge in [0.15, 0.2) is 17.4 Å². The van der Waals surface area contributed by atoms with E-state index in [1.54, 1.807) is 7.11 Å². The third-order valence-electron chi connectivity index (χ3n) is 5.81. The number of benzene rings is 1. The molecule has 1 amide bonds. The number of H-pyrrole nitrogens is 1. The fraction of sp³-hybridized carbons (Fsp3) is 0.500. The first kappa shape index (κ1) is 22.9. The Bertz CT molecular complexity index is 923. The molecule has 9 heteroatoms. The van der Waals surface area contributed by atoms with Crippen LogP contribution in [0.2, 0.25) is 0 Å². The molecule has 0 radical (unpaired) electrons. The minimum Gasteiger partial charge on any atom is -0.496 e. The van der Waals surface area contributed by atoms with Crippen molar-refractivity contribution in [2.24, 2.45) is 5.92 Å². The largest absolute Gasteiger partial charge is 0.496 e. The van der Waals surface area contributed by atoms with Gasteiger partial charge in [0.1, 0.15) is 17.0 Å². The van der Waals surface area contributed by atoms with E-state index in [2.05, 4.69) is 15.5 Å². The molecule has 168 valence electrons. The maximum Gasteiger partial charge on any atom is 0.262 e. The van der Waals surface area contributed by atoms with Gasteiger partial charge in [-0.3, -0.25) is 14.7 Å². The maximum atomic E-state index is 14.2. The molecule has 0 atom stereocenters. The molecular weight excluding hydrogens is 408 g/mol. The van der Waals surface area contributed by atoms with Crippen LogP contribution in [0, 0.1) is 17.6 Å². The molecule has 1 fully saturated rings. The molecule has 1 saturated carbocycles. The van der Waals surface area contributed by atoms with Crippen molar-refractivity contribution in [3.05, 3.63) is 41.2 Å². The lowest BCUT2D eigenvalue weighted by atomic mass is 9.84. The van der Waals surface area contributed by atoms with Gasteiger partial charge in [-0.05, 0) is 50.2 Å². The van der Waals surface area contributed by atoms with E-state index >= 15 is 0 Å². The van der Waals surface area contributed by atoms with Gasteiger partial charge in [-0.15, -0.1) is 0 Å². The summed E-state index contributed by atoms with van der Waals surface area (Å²) < 4.78 is 38.1. The van der Waals surface area contributed by atoms with Gasteiger partial charge >= 0.3 is 0 Å². The summed E-state index contributed by atoms with van der Waals surface area (Å²) in [7, 11) is 2.99. The molecule has 2 N–H and O–H groups in total. The monoisotopic (exact) mass is 435 g/mol. The summed E-state index contributed by atoms with van der Waals surface area (Å²) in [4.78, 5) is 25.2. The lowest BCUT2D eigenvalue weighted by Gasteiger charge is -2.27. The molecule has 1 aliphatic rings. The highest BCUT2D eigenvalue weighted by Crippen LogP contribution is 2.30. The van der Waals surface area contributed by atoms with Crippen LogP contribution in [0.25, 0.3) is 0 Å². The number of halogens is 2. The van der Waals surface area contributed by atoms with Gasteiger partial charge in [0, 0.05) is 13.5 Å². The number of anilines is 1. The van der Waals surface area contributed by atoms with Crippen LogP contribution in [0.5, 0.6) is 5.75 Å². The third-order valence-corrected chi connectivity index (χ3v) is 5.81. The molecule has 1 aromatic heterocycles. The Morgan fingerprint density at radius 2 is 1.94 bits per heavy atom. The minimum atomic E-state index is -1.32. The van der Waals surface area contributed by atoms with Gasteiger partial charge in [0.25, 0.3) is 5.91 Å². The Hall–Kier alpha value is -2.81. The molecule has 3 rings (SSSR count). The van der Waals surface area contributed by atoms with Crippen molar-refractivity contribution in [2.45, 2.75) is 51.0 Å². The number of methoxy groups -OCH3 is 2. The van der Waals surface area contributed by atoms with Gasteiger partial charge < -0.3 is 14.8 Å². The Morgan fingerprint density at radius 3 is 2.61 bits per heavy atom. The van der Waals surface area contributed by atoms with E-state index in [1.807, 2.05) is 0 Å². The van der Waals surface area contributed by atoms with Crippen LogP contribution in [-0.4, -0.2) is 42.2 Å². The second kappa shape index (κ2) is 10.5. The topological polar surface area (TPSA) is 93.3 Å². The summed E-state index contributed by atoms with van der Waals surface area (Å²) >= 11 is 0. The molecule has 0 saturated heterocycles. The third kappa shape index (κ3) is 5.46. The Kier molecular flexibility index (Phi) is 7.73. The molecule has 0 aliphatic heterocycles. The van der Waals surface area contributed by atoms with Crippen LogP contribution in [-0.2, 0) is 4.74 Å². The van der Waals surface area contributed by atoms with Gasteiger partial charge in [0.05, 0.1) is 25.1 Å². The predicted molar refractivity (Wildman–Crippen MR) is 110 cm³/mol. The molecular formula is C22H27F2N3O4. The van der Waals surface area contributed by atoms with Crippen molar-refractivity contribution in [1.29, 1.82) is 0 Å². The summed E-state index contributed by atoms with van der Waals surface area (Å²) in [5.41, 5.74) is -0.331. The van der Waals surface area contributed by atoms with Crippen molar-refractivity contribution in [3.63, 3.8) is 0 Å². The highest BCUT2D eigenvalue weighted by atomic mass is 19.2. The quantitative estimate of drug-likeness (QED) is 0.566. The van der Waals surface area contributed by atoms with Crippen LogP contribution in [0.3, 0.4) is 0 Å². The van der Waals surface area contributed by atoms with Crippen molar-refractivity contribution < 1.29 is 27.8 Å². The van der Waals surface area contributed by atoms with Gasteiger partial charge in [-0.2, -0.15) is 5.10 Å². The lowest BCUT2D eigenvalue weighted by molar-refractivity contribution is 0.0550. The number of aromatic nitrogens is 2. The van der Waals surface area contributed by atoms with E-state index in [0.717, 1.165) is 50.7 Å². The smallest absolute Gasteiger partial charge is 0.262 e. The second-order valence-corrected chi connectivity index (χ2v) is 7.75. The SMILES string of the molecule is COc1ccc(F)c(F)c1C(=O)Nc1cn[nH]c1C(=O)CCCC1CCC(OC)CC1. The average molecular weight is 435 g/mol. The number of Topliss-reactive ketones (excluding diaryl/α,β-unsaturated/α-hetero) is 1. The number of hydrogen-bond acceptors (Lipinski definition) is 5.